The van der Waals surface area contributed by atoms with Gasteiger partial charge < -0.3 is 9.47 Å². The maximum absolute atomic E-state index is 12.6. The Morgan fingerprint density at radius 2 is 1.39 bits per heavy atom. The molecule has 3 rings (SSSR count). The zero-order chi connectivity index (χ0) is 23.6. The Hall–Kier alpha value is -1.32. The SMILES string of the molecule is CCCCCOC(=O)C1=C(OC(C)=O)CC(C2CCC(C3CCC(CCC)CC3)CC2)CC1. The van der Waals surface area contributed by atoms with E-state index in [2.05, 4.69) is 13.8 Å². The lowest BCUT2D eigenvalue weighted by atomic mass is 9.65. The zero-order valence-corrected chi connectivity index (χ0v) is 21.5. The molecule has 3 aliphatic rings. The molecular formula is C29H48O4. The summed E-state index contributed by atoms with van der Waals surface area (Å²) in [6.45, 7) is 6.34. The van der Waals surface area contributed by atoms with Crippen LogP contribution in [0.2, 0.25) is 0 Å². The van der Waals surface area contributed by atoms with Crippen molar-refractivity contribution >= 4 is 11.9 Å². The van der Waals surface area contributed by atoms with Crippen LogP contribution in [0.4, 0.5) is 0 Å². The summed E-state index contributed by atoms with van der Waals surface area (Å²) in [6.07, 6.45) is 19.4. The minimum atomic E-state index is -0.329. The average Bonchev–Trinajstić information content (AvgIpc) is 2.82. The summed E-state index contributed by atoms with van der Waals surface area (Å²) >= 11 is 0. The van der Waals surface area contributed by atoms with E-state index in [0.29, 0.717) is 36.2 Å². The summed E-state index contributed by atoms with van der Waals surface area (Å²) in [7, 11) is 0. The number of ether oxygens (including phenoxy) is 2. The molecule has 0 spiro atoms. The van der Waals surface area contributed by atoms with E-state index in [9.17, 15) is 9.59 Å². The molecule has 33 heavy (non-hydrogen) atoms. The van der Waals surface area contributed by atoms with Gasteiger partial charge in [0, 0.05) is 13.3 Å². The van der Waals surface area contributed by atoms with E-state index in [0.717, 1.165) is 49.9 Å². The molecule has 1 unspecified atom stereocenters. The molecule has 0 bridgehead atoms. The van der Waals surface area contributed by atoms with Gasteiger partial charge in [-0.15, -0.1) is 0 Å². The van der Waals surface area contributed by atoms with Crippen molar-refractivity contribution < 1.29 is 19.1 Å². The van der Waals surface area contributed by atoms with Gasteiger partial charge in [-0.05, 0) is 87.4 Å². The molecule has 0 radical (unpaired) electrons. The van der Waals surface area contributed by atoms with Crippen molar-refractivity contribution in [3.63, 3.8) is 0 Å². The highest BCUT2D eigenvalue weighted by molar-refractivity contribution is 5.89. The van der Waals surface area contributed by atoms with Gasteiger partial charge in [0.2, 0.25) is 0 Å². The number of rotatable bonds is 10. The normalized spacial score (nSPS) is 30.7. The van der Waals surface area contributed by atoms with Crippen LogP contribution in [0.15, 0.2) is 11.3 Å². The highest BCUT2D eigenvalue weighted by atomic mass is 16.5. The predicted molar refractivity (Wildman–Crippen MR) is 132 cm³/mol. The fourth-order valence-electron chi connectivity index (χ4n) is 6.88. The van der Waals surface area contributed by atoms with Gasteiger partial charge in [0.05, 0.1) is 12.2 Å². The zero-order valence-electron chi connectivity index (χ0n) is 21.5. The summed E-state index contributed by atoms with van der Waals surface area (Å²) in [6, 6.07) is 0. The number of allylic oxidation sites excluding steroid dienone is 1. The Morgan fingerprint density at radius 1 is 0.788 bits per heavy atom. The van der Waals surface area contributed by atoms with Gasteiger partial charge in [-0.2, -0.15) is 0 Å². The van der Waals surface area contributed by atoms with Gasteiger partial charge in [-0.1, -0.05) is 52.4 Å². The van der Waals surface area contributed by atoms with Crippen molar-refractivity contribution in [1.82, 2.24) is 0 Å². The summed E-state index contributed by atoms with van der Waals surface area (Å²) in [4.78, 5) is 24.4. The molecule has 4 heteroatoms. The second-order valence-electron chi connectivity index (χ2n) is 11.1. The molecule has 0 aliphatic heterocycles. The van der Waals surface area contributed by atoms with Gasteiger partial charge >= 0.3 is 11.9 Å². The van der Waals surface area contributed by atoms with Crippen molar-refractivity contribution in [2.45, 2.75) is 124 Å². The summed E-state index contributed by atoms with van der Waals surface area (Å²) in [5.74, 6) is 4.08. The van der Waals surface area contributed by atoms with Crippen molar-refractivity contribution in [3.8, 4) is 0 Å². The Labute approximate surface area is 202 Å². The smallest absolute Gasteiger partial charge is 0.337 e. The second kappa shape index (κ2) is 13.5. The lowest BCUT2D eigenvalue weighted by molar-refractivity contribution is -0.141. The van der Waals surface area contributed by atoms with Crippen LogP contribution in [0.3, 0.4) is 0 Å². The first-order valence-corrected chi connectivity index (χ1v) is 14.1. The van der Waals surface area contributed by atoms with E-state index in [1.54, 1.807) is 0 Å². The molecule has 2 saturated carbocycles. The van der Waals surface area contributed by atoms with Crippen LogP contribution in [-0.4, -0.2) is 18.5 Å². The van der Waals surface area contributed by atoms with Gasteiger partial charge in [-0.3, -0.25) is 4.79 Å². The summed E-state index contributed by atoms with van der Waals surface area (Å²) in [5, 5.41) is 0. The number of carbonyl (C=O) groups excluding carboxylic acids is 2. The van der Waals surface area contributed by atoms with E-state index in [1.807, 2.05) is 0 Å². The largest absolute Gasteiger partial charge is 0.462 e. The van der Waals surface area contributed by atoms with Crippen LogP contribution < -0.4 is 0 Å². The summed E-state index contributed by atoms with van der Waals surface area (Å²) in [5.41, 5.74) is 0.607. The van der Waals surface area contributed by atoms with E-state index >= 15 is 0 Å². The maximum Gasteiger partial charge on any atom is 0.337 e. The minimum absolute atomic E-state index is 0.275. The van der Waals surface area contributed by atoms with Crippen LogP contribution in [0.5, 0.6) is 0 Å². The highest BCUT2D eigenvalue weighted by Gasteiger charge is 2.36. The number of unbranched alkanes of at least 4 members (excludes halogenated alkanes) is 2. The molecule has 4 nitrogen and oxygen atoms in total. The fourth-order valence-corrected chi connectivity index (χ4v) is 6.88. The van der Waals surface area contributed by atoms with Gasteiger partial charge in [0.15, 0.2) is 0 Å². The maximum atomic E-state index is 12.6. The van der Waals surface area contributed by atoms with Crippen molar-refractivity contribution in [2.75, 3.05) is 6.61 Å². The lowest BCUT2D eigenvalue weighted by Gasteiger charge is -2.40. The Kier molecular flexibility index (Phi) is 10.8. The molecule has 0 saturated heterocycles. The second-order valence-corrected chi connectivity index (χ2v) is 11.1. The number of hydrogen-bond donors (Lipinski definition) is 0. The molecule has 0 amide bonds. The van der Waals surface area contributed by atoms with E-state index < -0.39 is 0 Å². The molecule has 0 heterocycles. The number of carbonyl (C=O) groups is 2. The molecule has 0 aromatic carbocycles. The number of hydrogen-bond acceptors (Lipinski definition) is 4. The van der Waals surface area contributed by atoms with Gasteiger partial charge in [0.1, 0.15) is 5.76 Å². The predicted octanol–water partition coefficient (Wildman–Crippen LogP) is 7.75. The topological polar surface area (TPSA) is 52.6 Å². The first-order valence-electron chi connectivity index (χ1n) is 14.1. The summed E-state index contributed by atoms with van der Waals surface area (Å²) < 4.78 is 11.1. The first-order chi connectivity index (χ1) is 16.0. The van der Waals surface area contributed by atoms with Crippen LogP contribution in [0, 0.1) is 29.6 Å². The Bertz CT molecular complexity index is 651. The molecule has 2 fully saturated rings. The van der Waals surface area contributed by atoms with E-state index in [1.165, 1.54) is 71.1 Å². The van der Waals surface area contributed by atoms with Crippen LogP contribution in [-0.2, 0) is 19.1 Å². The average molecular weight is 461 g/mol. The van der Waals surface area contributed by atoms with Crippen LogP contribution >= 0.6 is 0 Å². The standard InChI is InChI=1S/C29H48O4/c1-4-6-7-19-32-29(31)27-18-17-26(20-28(27)33-21(3)30)25-15-13-24(14-16-25)23-11-9-22(8-5-2)10-12-23/h22-26H,4-20H2,1-3H3. The van der Waals surface area contributed by atoms with Gasteiger partial charge in [-0.25, -0.2) is 4.79 Å². The molecule has 0 aromatic rings. The monoisotopic (exact) mass is 460 g/mol. The van der Waals surface area contributed by atoms with E-state index in [4.69, 9.17) is 9.47 Å². The molecule has 3 aliphatic carbocycles. The Morgan fingerprint density at radius 3 is 1.97 bits per heavy atom. The van der Waals surface area contributed by atoms with Crippen molar-refractivity contribution in [1.29, 1.82) is 0 Å². The lowest BCUT2D eigenvalue weighted by Crippen LogP contribution is -2.30. The highest BCUT2D eigenvalue weighted by Crippen LogP contribution is 2.46. The quantitative estimate of drug-likeness (QED) is 0.247. The third kappa shape index (κ3) is 7.86. The molecule has 1 atom stereocenters. The molecule has 188 valence electrons. The molecular weight excluding hydrogens is 412 g/mol. The third-order valence-electron chi connectivity index (χ3n) is 8.78. The third-order valence-corrected chi connectivity index (χ3v) is 8.78. The van der Waals surface area contributed by atoms with Crippen LogP contribution in [0.25, 0.3) is 0 Å². The minimum Gasteiger partial charge on any atom is -0.462 e. The van der Waals surface area contributed by atoms with Gasteiger partial charge in [0.25, 0.3) is 0 Å². The molecule has 0 aromatic heterocycles. The van der Waals surface area contributed by atoms with Crippen molar-refractivity contribution in [2.24, 2.45) is 29.6 Å². The molecule has 0 N–H and O–H groups in total. The van der Waals surface area contributed by atoms with Crippen LogP contribution in [0.1, 0.15) is 124 Å². The number of esters is 2. The fraction of sp³-hybridized carbons (Fsp3) is 0.862. The first kappa shape index (κ1) is 26.3. The van der Waals surface area contributed by atoms with Crippen molar-refractivity contribution in [3.05, 3.63) is 11.3 Å². The van der Waals surface area contributed by atoms with E-state index in [-0.39, 0.29) is 11.9 Å². The Balaban J connectivity index is 1.50.